The zero-order valence-corrected chi connectivity index (χ0v) is 15.2. The summed E-state index contributed by atoms with van der Waals surface area (Å²) in [6.45, 7) is 3.11. The molecule has 0 saturated heterocycles. The highest BCUT2D eigenvalue weighted by molar-refractivity contribution is 6.33. The first-order valence-electron chi connectivity index (χ1n) is 8.04. The van der Waals surface area contributed by atoms with Crippen molar-refractivity contribution in [2.75, 3.05) is 23.5 Å². The molecule has 0 bridgehead atoms. The number of halogens is 4. The Labute approximate surface area is 155 Å². The summed E-state index contributed by atoms with van der Waals surface area (Å²) < 4.78 is 38.1. The standard InChI is InChI=1S/C18H19ClF3N3O/c1-3-10-25(12-13-4-6-14(7-5-13)18(20,21)22)17-9-8-15(11-16(17)19)24(2)23-26/h4-9,11H,3,10,12H2,1-2H3. The van der Waals surface area contributed by atoms with E-state index >= 15 is 0 Å². The number of nitroso groups, excluding NO2 is 1. The maximum absolute atomic E-state index is 12.7. The summed E-state index contributed by atoms with van der Waals surface area (Å²) in [6.07, 6.45) is -3.51. The molecule has 0 aromatic heterocycles. The topological polar surface area (TPSA) is 35.9 Å². The number of alkyl halides is 3. The third-order valence-corrected chi connectivity index (χ3v) is 4.22. The lowest BCUT2D eigenvalue weighted by atomic mass is 10.1. The van der Waals surface area contributed by atoms with Gasteiger partial charge in [-0.25, -0.2) is 5.01 Å². The van der Waals surface area contributed by atoms with Crippen molar-refractivity contribution in [3.05, 3.63) is 63.5 Å². The highest BCUT2D eigenvalue weighted by Gasteiger charge is 2.30. The van der Waals surface area contributed by atoms with E-state index < -0.39 is 11.7 Å². The summed E-state index contributed by atoms with van der Waals surface area (Å²) in [4.78, 5) is 12.6. The smallest absolute Gasteiger partial charge is 0.366 e. The van der Waals surface area contributed by atoms with Gasteiger partial charge in [0, 0.05) is 20.1 Å². The number of benzene rings is 2. The number of rotatable bonds is 7. The summed E-state index contributed by atoms with van der Waals surface area (Å²) in [5.74, 6) is 0. The van der Waals surface area contributed by atoms with Crippen molar-refractivity contribution in [3.8, 4) is 0 Å². The van der Waals surface area contributed by atoms with Gasteiger partial charge in [-0.1, -0.05) is 30.7 Å². The number of hydrogen-bond donors (Lipinski definition) is 0. The maximum Gasteiger partial charge on any atom is 0.416 e. The second-order valence-corrected chi connectivity index (χ2v) is 6.26. The van der Waals surface area contributed by atoms with Gasteiger partial charge in [0.05, 0.1) is 27.2 Å². The fraction of sp³-hybridized carbons (Fsp3) is 0.333. The average molecular weight is 386 g/mol. The van der Waals surface area contributed by atoms with Crippen LogP contribution in [-0.2, 0) is 12.7 Å². The molecular weight excluding hydrogens is 367 g/mol. The van der Waals surface area contributed by atoms with Gasteiger partial charge < -0.3 is 4.90 Å². The van der Waals surface area contributed by atoms with Crippen LogP contribution in [0.25, 0.3) is 0 Å². The van der Waals surface area contributed by atoms with E-state index in [-0.39, 0.29) is 0 Å². The second kappa shape index (κ2) is 8.40. The van der Waals surface area contributed by atoms with Crippen LogP contribution in [0, 0.1) is 4.91 Å². The van der Waals surface area contributed by atoms with E-state index in [9.17, 15) is 18.1 Å². The van der Waals surface area contributed by atoms with Crippen LogP contribution in [0.3, 0.4) is 0 Å². The Bertz CT molecular complexity index is 750. The van der Waals surface area contributed by atoms with Crippen LogP contribution in [0.5, 0.6) is 0 Å². The van der Waals surface area contributed by atoms with Gasteiger partial charge in [0.15, 0.2) is 0 Å². The lowest BCUT2D eigenvalue weighted by Crippen LogP contribution is -2.24. The summed E-state index contributed by atoms with van der Waals surface area (Å²) in [7, 11) is 1.52. The van der Waals surface area contributed by atoms with Gasteiger partial charge in [-0.2, -0.15) is 13.2 Å². The molecule has 8 heteroatoms. The van der Waals surface area contributed by atoms with Crippen LogP contribution < -0.4 is 9.91 Å². The highest BCUT2D eigenvalue weighted by atomic mass is 35.5. The fourth-order valence-corrected chi connectivity index (χ4v) is 2.87. The van der Waals surface area contributed by atoms with Crippen molar-refractivity contribution in [3.63, 3.8) is 0 Å². The molecule has 0 aliphatic carbocycles. The van der Waals surface area contributed by atoms with Gasteiger partial charge in [0.25, 0.3) is 0 Å². The zero-order valence-electron chi connectivity index (χ0n) is 14.4. The predicted molar refractivity (Wildman–Crippen MR) is 98.4 cm³/mol. The molecule has 0 heterocycles. The molecule has 0 aliphatic rings. The molecule has 4 nitrogen and oxygen atoms in total. The molecule has 0 saturated carbocycles. The molecule has 2 rings (SSSR count). The first-order chi connectivity index (χ1) is 12.3. The van der Waals surface area contributed by atoms with Gasteiger partial charge >= 0.3 is 6.18 Å². The molecule has 0 radical (unpaired) electrons. The molecule has 0 unspecified atom stereocenters. The summed E-state index contributed by atoms with van der Waals surface area (Å²) >= 11 is 6.35. The van der Waals surface area contributed by atoms with Gasteiger partial charge in [-0.05, 0) is 42.3 Å². The number of anilines is 2. The van der Waals surface area contributed by atoms with Gasteiger partial charge in [0.1, 0.15) is 0 Å². The zero-order chi connectivity index (χ0) is 19.3. The number of nitrogens with zero attached hydrogens (tertiary/aromatic N) is 3. The largest absolute Gasteiger partial charge is 0.416 e. The van der Waals surface area contributed by atoms with Crippen molar-refractivity contribution < 1.29 is 13.2 Å². The molecule has 0 fully saturated rings. The van der Waals surface area contributed by atoms with Crippen LogP contribution in [0.2, 0.25) is 5.02 Å². The van der Waals surface area contributed by atoms with E-state index in [1.54, 1.807) is 18.2 Å². The van der Waals surface area contributed by atoms with E-state index in [1.807, 2.05) is 11.8 Å². The molecule has 0 aliphatic heterocycles. The van der Waals surface area contributed by atoms with Crippen molar-refractivity contribution >= 4 is 23.0 Å². The molecule has 0 amide bonds. The normalized spacial score (nSPS) is 11.3. The Hall–Kier alpha value is -2.28. The maximum atomic E-state index is 12.7. The monoisotopic (exact) mass is 385 g/mol. The van der Waals surface area contributed by atoms with Crippen molar-refractivity contribution in [2.45, 2.75) is 26.1 Å². The van der Waals surface area contributed by atoms with Crippen LogP contribution in [0.15, 0.2) is 47.8 Å². The Morgan fingerprint density at radius 1 is 1.12 bits per heavy atom. The molecule has 2 aromatic carbocycles. The molecule has 26 heavy (non-hydrogen) atoms. The Morgan fingerprint density at radius 3 is 2.27 bits per heavy atom. The van der Waals surface area contributed by atoms with Crippen LogP contribution >= 0.6 is 11.6 Å². The quantitative estimate of drug-likeness (QED) is 0.440. The third-order valence-electron chi connectivity index (χ3n) is 3.92. The highest BCUT2D eigenvalue weighted by Crippen LogP contribution is 2.32. The predicted octanol–water partition coefficient (Wildman–Crippen LogP) is 5.89. The van der Waals surface area contributed by atoms with Crippen molar-refractivity contribution in [1.82, 2.24) is 0 Å². The van der Waals surface area contributed by atoms with E-state index in [4.69, 9.17) is 11.6 Å². The Kier molecular flexibility index (Phi) is 6.47. The van der Waals surface area contributed by atoms with E-state index in [1.165, 1.54) is 19.2 Å². The minimum atomic E-state index is -4.35. The molecule has 0 spiro atoms. The molecule has 140 valence electrons. The van der Waals surface area contributed by atoms with Crippen LogP contribution in [0.1, 0.15) is 24.5 Å². The first kappa shape index (κ1) is 20.0. The fourth-order valence-electron chi connectivity index (χ4n) is 2.57. The Morgan fingerprint density at radius 2 is 1.77 bits per heavy atom. The lowest BCUT2D eigenvalue weighted by Gasteiger charge is -2.26. The van der Waals surface area contributed by atoms with E-state index in [0.717, 1.165) is 34.8 Å². The van der Waals surface area contributed by atoms with Crippen molar-refractivity contribution in [2.24, 2.45) is 5.29 Å². The molecular formula is C18H19ClF3N3O. The van der Waals surface area contributed by atoms with Crippen LogP contribution in [0.4, 0.5) is 24.5 Å². The summed E-state index contributed by atoms with van der Waals surface area (Å²) in [6, 6.07) is 10.2. The SMILES string of the molecule is CCCN(Cc1ccc(C(F)(F)F)cc1)c1ccc(N(C)N=O)cc1Cl. The number of hydrogen-bond acceptors (Lipinski definition) is 3. The van der Waals surface area contributed by atoms with E-state index in [0.29, 0.717) is 23.8 Å². The summed E-state index contributed by atoms with van der Waals surface area (Å²) in [5.41, 5.74) is 1.38. The third kappa shape index (κ3) is 4.88. The summed E-state index contributed by atoms with van der Waals surface area (Å²) in [5, 5.41) is 4.43. The molecule has 2 aromatic rings. The lowest BCUT2D eigenvalue weighted by molar-refractivity contribution is -0.137. The minimum Gasteiger partial charge on any atom is -0.366 e. The molecule has 0 N–H and O–H groups in total. The van der Waals surface area contributed by atoms with Gasteiger partial charge in [-0.3, -0.25) is 0 Å². The second-order valence-electron chi connectivity index (χ2n) is 5.86. The Balaban J connectivity index is 2.25. The molecule has 0 atom stereocenters. The first-order valence-corrected chi connectivity index (χ1v) is 8.41. The van der Waals surface area contributed by atoms with Gasteiger partial charge in [-0.15, -0.1) is 4.91 Å². The van der Waals surface area contributed by atoms with Crippen molar-refractivity contribution in [1.29, 1.82) is 0 Å². The van der Waals surface area contributed by atoms with Crippen LogP contribution in [-0.4, -0.2) is 13.6 Å². The average Bonchev–Trinajstić information content (AvgIpc) is 2.60. The minimum absolute atomic E-state index is 0.423. The van der Waals surface area contributed by atoms with E-state index in [2.05, 4.69) is 5.29 Å². The van der Waals surface area contributed by atoms with Gasteiger partial charge in [0.2, 0.25) is 0 Å².